The summed E-state index contributed by atoms with van der Waals surface area (Å²) in [5, 5.41) is 8.45. The Hall–Kier alpha value is -2.92. The van der Waals surface area contributed by atoms with Crippen LogP contribution in [0.3, 0.4) is 0 Å². The lowest BCUT2D eigenvalue weighted by molar-refractivity contribution is -0.121. The number of anilines is 1. The van der Waals surface area contributed by atoms with Gasteiger partial charge in [-0.15, -0.1) is 0 Å². The van der Waals surface area contributed by atoms with Crippen molar-refractivity contribution in [2.75, 3.05) is 24.5 Å². The Labute approximate surface area is 167 Å². The van der Waals surface area contributed by atoms with E-state index in [1.165, 1.54) is 0 Å². The van der Waals surface area contributed by atoms with E-state index in [1.54, 1.807) is 18.2 Å². The first-order chi connectivity index (χ1) is 13.6. The molecule has 0 spiro atoms. The molecule has 0 unspecified atom stereocenters. The number of imidazole rings is 1. The lowest BCUT2D eigenvalue weighted by Crippen LogP contribution is -2.36. The molecule has 0 saturated heterocycles. The number of fused-ring (bicyclic) bond motifs is 3. The van der Waals surface area contributed by atoms with E-state index in [1.807, 2.05) is 50.2 Å². The van der Waals surface area contributed by atoms with E-state index in [2.05, 4.69) is 15.2 Å². The first kappa shape index (κ1) is 18.1. The molecule has 0 atom stereocenters. The number of nitrogens with zero attached hydrogens (tertiary/aromatic N) is 3. The summed E-state index contributed by atoms with van der Waals surface area (Å²) in [6.45, 7) is 7.23. The number of rotatable bonds is 3. The monoisotopic (exact) mass is 407 g/mol. The van der Waals surface area contributed by atoms with Gasteiger partial charge in [-0.1, -0.05) is 18.2 Å². The Balaban J connectivity index is 1.68. The van der Waals surface area contributed by atoms with E-state index in [9.17, 15) is 9.36 Å². The molecule has 3 heterocycles. The Kier molecular flexibility index (Phi) is 3.63. The molecule has 29 heavy (non-hydrogen) atoms. The number of aromatic amines is 2. The van der Waals surface area contributed by atoms with Gasteiger partial charge in [0.15, 0.2) is 5.82 Å². The molecule has 8 heteroatoms. The molecule has 0 saturated carbocycles. The van der Waals surface area contributed by atoms with Gasteiger partial charge in [-0.05, 0) is 50.9 Å². The maximum absolute atomic E-state index is 13.0. The molecule has 2 N–H and O–H groups in total. The van der Waals surface area contributed by atoms with Gasteiger partial charge in [0, 0.05) is 5.39 Å². The molecular weight excluding hydrogens is 385 g/mol. The second-order valence-corrected chi connectivity index (χ2v) is 12.1. The second-order valence-electron chi connectivity index (χ2n) is 8.66. The zero-order chi connectivity index (χ0) is 20.6. The van der Waals surface area contributed by atoms with Gasteiger partial charge in [0.2, 0.25) is 5.91 Å². The Morgan fingerprint density at radius 2 is 1.90 bits per heavy atom. The number of aromatic nitrogens is 4. The van der Waals surface area contributed by atoms with E-state index in [0.29, 0.717) is 5.82 Å². The highest BCUT2D eigenvalue weighted by molar-refractivity contribution is 7.62. The zero-order valence-corrected chi connectivity index (χ0v) is 17.7. The van der Waals surface area contributed by atoms with E-state index >= 15 is 0 Å². The van der Waals surface area contributed by atoms with Crippen LogP contribution >= 0.6 is 7.14 Å². The third kappa shape index (κ3) is 2.72. The van der Waals surface area contributed by atoms with Crippen LogP contribution < -0.4 is 4.90 Å². The van der Waals surface area contributed by atoms with Crippen molar-refractivity contribution in [3.63, 3.8) is 0 Å². The Bertz CT molecular complexity index is 1340. The summed E-state index contributed by atoms with van der Waals surface area (Å²) < 4.78 is 12.5. The number of benzene rings is 2. The van der Waals surface area contributed by atoms with Crippen molar-refractivity contribution >= 4 is 40.7 Å². The van der Waals surface area contributed by atoms with Crippen molar-refractivity contribution in [3.05, 3.63) is 42.0 Å². The van der Waals surface area contributed by atoms with Crippen molar-refractivity contribution < 1.29 is 9.36 Å². The molecule has 2 aromatic heterocycles. The van der Waals surface area contributed by atoms with E-state index in [-0.39, 0.29) is 12.2 Å². The topological polar surface area (TPSA) is 94.7 Å². The highest BCUT2D eigenvalue weighted by Gasteiger charge is 2.45. The fourth-order valence-corrected chi connectivity index (χ4v) is 5.03. The van der Waals surface area contributed by atoms with Crippen LogP contribution in [0.2, 0.25) is 0 Å². The SMILES string of the molecule is CC1(C)C(=O)N(CP(C)(C)=O)c2cc3[nH]c(-c4n[nH]c5ccccc45)nc3cc21. The summed E-state index contributed by atoms with van der Waals surface area (Å²) in [6.07, 6.45) is 0.235. The molecule has 5 rings (SSSR count). The maximum atomic E-state index is 13.0. The minimum absolute atomic E-state index is 0.0254. The van der Waals surface area contributed by atoms with Gasteiger partial charge >= 0.3 is 0 Å². The van der Waals surface area contributed by atoms with Crippen molar-refractivity contribution in [2.45, 2.75) is 19.3 Å². The molecule has 0 aliphatic carbocycles. The third-order valence-electron chi connectivity index (χ3n) is 5.52. The number of hydrogen-bond acceptors (Lipinski definition) is 4. The van der Waals surface area contributed by atoms with Crippen LogP contribution in [0, 0.1) is 0 Å². The minimum atomic E-state index is -2.42. The van der Waals surface area contributed by atoms with Crippen molar-refractivity contribution in [1.82, 2.24) is 20.2 Å². The average Bonchev–Trinajstić information content (AvgIpc) is 3.30. The van der Waals surface area contributed by atoms with E-state index in [0.717, 1.165) is 38.9 Å². The second kappa shape index (κ2) is 5.80. The van der Waals surface area contributed by atoms with Gasteiger partial charge in [-0.3, -0.25) is 9.89 Å². The summed E-state index contributed by atoms with van der Waals surface area (Å²) in [5.41, 5.74) is 4.34. The largest absolute Gasteiger partial charge is 0.337 e. The molecule has 0 bridgehead atoms. The standard InChI is InChI=1S/C21H22N5O2P/c1-21(2)13-9-15-16(10-17(13)26(20(21)27)11-29(3,4)28)23-19(22-15)18-12-7-5-6-8-14(12)24-25-18/h5-10H,11H2,1-4H3,(H,22,23)(H,24,25). The van der Waals surface area contributed by atoms with Crippen LogP contribution in [0.15, 0.2) is 36.4 Å². The average molecular weight is 407 g/mol. The van der Waals surface area contributed by atoms with Crippen LogP contribution in [0.5, 0.6) is 0 Å². The highest BCUT2D eigenvalue weighted by Crippen LogP contribution is 2.48. The lowest BCUT2D eigenvalue weighted by Gasteiger charge is -2.22. The molecular formula is C21H22N5O2P. The number of nitrogens with one attached hydrogen (secondary N) is 2. The summed E-state index contributed by atoms with van der Waals surface area (Å²) in [6, 6.07) is 11.8. The smallest absolute Gasteiger partial charge is 0.237 e. The van der Waals surface area contributed by atoms with Gasteiger partial charge in [-0.2, -0.15) is 5.10 Å². The predicted octanol–water partition coefficient (Wildman–Crippen LogP) is 4.31. The number of H-pyrrole nitrogens is 2. The predicted molar refractivity (Wildman–Crippen MR) is 116 cm³/mol. The minimum Gasteiger partial charge on any atom is -0.337 e. The summed E-state index contributed by atoms with van der Waals surface area (Å²) in [7, 11) is -2.42. The van der Waals surface area contributed by atoms with Crippen LogP contribution in [-0.2, 0) is 14.8 Å². The highest BCUT2D eigenvalue weighted by atomic mass is 31.2. The molecule has 2 aromatic carbocycles. The fourth-order valence-electron chi connectivity index (χ4n) is 4.07. The van der Waals surface area contributed by atoms with Gasteiger partial charge < -0.3 is 14.4 Å². The number of hydrogen-bond donors (Lipinski definition) is 2. The summed E-state index contributed by atoms with van der Waals surface area (Å²) in [5.74, 6) is 0.649. The molecule has 1 aliphatic heterocycles. The summed E-state index contributed by atoms with van der Waals surface area (Å²) >= 11 is 0. The lowest BCUT2D eigenvalue weighted by atomic mass is 9.86. The van der Waals surface area contributed by atoms with E-state index in [4.69, 9.17) is 4.98 Å². The first-order valence-electron chi connectivity index (χ1n) is 9.49. The van der Waals surface area contributed by atoms with Crippen molar-refractivity contribution in [1.29, 1.82) is 0 Å². The zero-order valence-electron chi connectivity index (χ0n) is 16.8. The van der Waals surface area contributed by atoms with Gasteiger partial charge in [0.25, 0.3) is 0 Å². The normalized spacial score (nSPS) is 16.1. The molecule has 0 radical (unpaired) electrons. The van der Waals surface area contributed by atoms with Crippen LogP contribution in [0.25, 0.3) is 33.5 Å². The number of para-hydroxylation sites is 1. The first-order valence-corrected chi connectivity index (χ1v) is 12.3. The van der Waals surface area contributed by atoms with Crippen LogP contribution in [0.1, 0.15) is 19.4 Å². The third-order valence-corrected chi connectivity index (χ3v) is 6.48. The summed E-state index contributed by atoms with van der Waals surface area (Å²) in [4.78, 5) is 22.8. The van der Waals surface area contributed by atoms with Crippen molar-refractivity contribution in [3.8, 4) is 11.5 Å². The fraction of sp³-hybridized carbons (Fsp3) is 0.286. The quantitative estimate of drug-likeness (QED) is 0.495. The number of amides is 1. The van der Waals surface area contributed by atoms with Crippen LogP contribution in [0.4, 0.5) is 5.69 Å². The molecule has 148 valence electrons. The molecule has 1 amide bonds. The Morgan fingerprint density at radius 1 is 1.14 bits per heavy atom. The molecule has 1 aliphatic rings. The van der Waals surface area contributed by atoms with E-state index < -0.39 is 12.6 Å². The van der Waals surface area contributed by atoms with Gasteiger partial charge in [-0.25, -0.2) is 4.98 Å². The molecule has 4 aromatic rings. The number of carbonyl (C=O) groups excluding carboxylic acids is 1. The molecule has 0 fully saturated rings. The van der Waals surface area contributed by atoms with Crippen LogP contribution in [-0.4, -0.2) is 45.7 Å². The number of carbonyl (C=O) groups is 1. The van der Waals surface area contributed by atoms with Gasteiger partial charge in [0.05, 0.1) is 33.9 Å². The molecule has 7 nitrogen and oxygen atoms in total. The van der Waals surface area contributed by atoms with Gasteiger partial charge in [0.1, 0.15) is 12.8 Å². The van der Waals surface area contributed by atoms with Crippen molar-refractivity contribution in [2.24, 2.45) is 0 Å². The maximum Gasteiger partial charge on any atom is 0.237 e. The Morgan fingerprint density at radius 3 is 2.66 bits per heavy atom.